The van der Waals surface area contributed by atoms with Crippen LogP contribution in [0.2, 0.25) is 0 Å². The van der Waals surface area contributed by atoms with E-state index in [0.717, 1.165) is 17.7 Å². The Hall–Kier alpha value is -1.60. The second kappa shape index (κ2) is 6.03. The summed E-state index contributed by atoms with van der Waals surface area (Å²) in [5.41, 5.74) is 0. The number of carbonyl (C=O) groups excluding carboxylic acids is 1. The standard InChI is InChI=1S/C13H19F3N4O/c1-3-9(4-2)20(7-13(14,15)16)12(21)11-17-10(18-19-11)8-5-6-8/h8-9H,3-7H2,1-2H3,(H,17,18,19). The van der Waals surface area contributed by atoms with Gasteiger partial charge in [0, 0.05) is 12.0 Å². The predicted molar refractivity (Wildman–Crippen MR) is 69.8 cm³/mol. The van der Waals surface area contributed by atoms with Gasteiger partial charge in [-0.2, -0.15) is 13.2 Å². The molecule has 0 saturated heterocycles. The summed E-state index contributed by atoms with van der Waals surface area (Å²) >= 11 is 0. The van der Waals surface area contributed by atoms with E-state index in [1.54, 1.807) is 13.8 Å². The molecule has 1 heterocycles. The fourth-order valence-corrected chi connectivity index (χ4v) is 2.33. The number of hydrogen-bond acceptors (Lipinski definition) is 3. The van der Waals surface area contributed by atoms with Gasteiger partial charge in [-0.3, -0.25) is 9.89 Å². The van der Waals surface area contributed by atoms with Gasteiger partial charge in [0.1, 0.15) is 12.4 Å². The Balaban J connectivity index is 2.18. The molecule has 5 nitrogen and oxygen atoms in total. The van der Waals surface area contributed by atoms with Crippen molar-refractivity contribution in [3.63, 3.8) is 0 Å². The van der Waals surface area contributed by atoms with Crippen molar-refractivity contribution < 1.29 is 18.0 Å². The molecule has 1 aromatic heterocycles. The number of hydrogen-bond donors (Lipinski definition) is 1. The Morgan fingerprint density at radius 2 is 2.00 bits per heavy atom. The largest absolute Gasteiger partial charge is 0.406 e. The van der Waals surface area contributed by atoms with Gasteiger partial charge < -0.3 is 4.90 Å². The van der Waals surface area contributed by atoms with Crippen molar-refractivity contribution in [2.45, 2.75) is 57.7 Å². The van der Waals surface area contributed by atoms with Crippen LogP contribution in [-0.4, -0.2) is 44.8 Å². The Labute approximate surface area is 120 Å². The molecule has 0 spiro atoms. The zero-order valence-corrected chi connectivity index (χ0v) is 12.1. The van der Waals surface area contributed by atoms with Crippen molar-refractivity contribution in [1.82, 2.24) is 20.1 Å². The van der Waals surface area contributed by atoms with E-state index in [1.165, 1.54) is 0 Å². The number of rotatable bonds is 6. The molecule has 0 bridgehead atoms. The lowest BCUT2D eigenvalue weighted by molar-refractivity contribution is -0.145. The molecule has 1 saturated carbocycles. The van der Waals surface area contributed by atoms with Gasteiger partial charge in [0.2, 0.25) is 5.82 Å². The first-order valence-corrected chi connectivity index (χ1v) is 7.15. The molecule has 1 N–H and O–H groups in total. The minimum absolute atomic E-state index is 0.173. The lowest BCUT2D eigenvalue weighted by Crippen LogP contribution is -2.45. The van der Waals surface area contributed by atoms with Crippen LogP contribution in [0.5, 0.6) is 0 Å². The molecular weight excluding hydrogens is 285 g/mol. The Morgan fingerprint density at radius 1 is 1.38 bits per heavy atom. The van der Waals surface area contributed by atoms with Crippen molar-refractivity contribution in [1.29, 1.82) is 0 Å². The van der Waals surface area contributed by atoms with Crippen LogP contribution < -0.4 is 0 Å². The van der Waals surface area contributed by atoms with Gasteiger partial charge in [-0.25, -0.2) is 4.98 Å². The molecule has 1 aromatic rings. The number of amides is 1. The van der Waals surface area contributed by atoms with Crippen LogP contribution in [0.4, 0.5) is 13.2 Å². The van der Waals surface area contributed by atoms with Crippen LogP contribution in [-0.2, 0) is 0 Å². The molecule has 21 heavy (non-hydrogen) atoms. The summed E-state index contributed by atoms with van der Waals surface area (Å²) in [5.74, 6) is -0.0738. The van der Waals surface area contributed by atoms with Crippen molar-refractivity contribution in [3.8, 4) is 0 Å². The Kier molecular flexibility index (Phi) is 4.53. The van der Waals surface area contributed by atoms with Crippen LogP contribution in [0.15, 0.2) is 0 Å². The number of alkyl halides is 3. The first kappa shape index (κ1) is 15.8. The van der Waals surface area contributed by atoms with E-state index in [-0.39, 0.29) is 11.7 Å². The summed E-state index contributed by atoms with van der Waals surface area (Å²) in [7, 11) is 0. The number of aromatic amines is 1. The van der Waals surface area contributed by atoms with Crippen LogP contribution in [0, 0.1) is 0 Å². The number of H-pyrrole nitrogens is 1. The number of nitrogens with one attached hydrogen (secondary N) is 1. The van der Waals surface area contributed by atoms with Crippen LogP contribution in [0.3, 0.4) is 0 Å². The monoisotopic (exact) mass is 304 g/mol. The molecule has 2 rings (SSSR count). The molecule has 1 aliphatic rings. The number of aromatic nitrogens is 3. The van der Waals surface area contributed by atoms with E-state index < -0.39 is 24.7 Å². The highest BCUT2D eigenvalue weighted by Crippen LogP contribution is 2.37. The van der Waals surface area contributed by atoms with Crippen molar-refractivity contribution in [2.24, 2.45) is 0 Å². The second-order valence-electron chi connectivity index (χ2n) is 5.34. The molecule has 0 atom stereocenters. The zero-order chi connectivity index (χ0) is 15.6. The van der Waals surface area contributed by atoms with Gasteiger partial charge in [0.15, 0.2) is 0 Å². The number of nitrogens with zero attached hydrogens (tertiary/aromatic N) is 3. The summed E-state index contributed by atoms with van der Waals surface area (Å²) in [6.45, 7) is 2.25. The fraction of sp³-hybridized carbons (Fsp3) is 0.769. The summed E-state index contributed by atoms with van der Waals surface area (Å²) in [6, 6.07) is -0.470. The lowest BCUT2D eigenvalue weighted by atomic mass is 10.1. The van der Waals surface area contributed by atoms with Crippen molar-refractivity contribution in [3.05, 3.63) is 11.6 Å². The number of halogens is 3. The van der Waals surface area contributed by atoms with Gasteiger partial charge >= 0.3 is 6.18 Å². The second-order valence-corrected chi connectivity index (χ2v) is 5.34. The fourth-order valence-electron chi connectivity index (χ4n) is 2.33. The smallest absolute Gasteiger partial charge is 0.324 e. The van der Waals surface area contributed by atoms with Gasteiger partial charge in [-0.1, -0.05) is 13.8 Å². The molecular formula is C13H19F3N4O. The first-order valence-electron chi connectivity index (χ1n) is 7.15. The normalized spacial score (nSPS) is 15.5. The number of carbonyl (C=O) groups is 1. The van der Waals surface area contributed by atoms with Crippen LogP contribution >= 0.6 is 0 Å². The molecule has 1 amide bonds. The lowest BCUT2D eigenvalue weighted by Gasteiger charge is -2.30. The highest BCUT2D eigenvalue weighted by atomic mass is 19.4. The van der Waals surface area contributed by atoms with E-state index >= 15 is 0 Å². The van der Waals surface area contributed by atoms with Gasteiger partial charge in [-0.15, -0.1) is 5.10 Å². The third kappa shape index (κ3) is 3.95. The predicted octanol–water partition coefficient (Wildman–Crippen LogP) is 2.88. The first-order chi connectivity index (χ1) is 9.85. The highest BCUT2D eigenvalue weighted by molar-refractivity contribution is 5.90. The molecule has 0 aromatic carbocycles. The SMILES string of the molecule is CCC(CC)N(CC(F)(F)F)C(=O)c1n[nH]c(C2CC2)n1. The maximum Gasteiger partial charge on any atom is 0.406 e. The third-order valence-electron chi connectivity index (χ3n) is 3.65. The van der Waals surface area contributed by atoms with Crippen LogP contribution in [0.25, 0.3) is 0 Å². The molecule has 0 aliphatic heterocycles. The minimum atomic E-state index is -4.44. The summed E-state index contributed by atoms with van der Waals surface area (Å²) in [6.07, 6.45) is -1.58. The molecule has 1 fully saturated rings. The quantitative estimate of drug-likeness (QED) is 0.879. The van der Waals surface area contributed by atoms with Gasteiger partial charge in [-0.05, 0) is 25.7 Å². The minimum Gasteiger partial charge on any atom is -0.324 e. The molecule has 118 valence electrons. The van der Waals surface area contributed by atoms with E-state index in [1.807, 2.05) is 0 Å². The average molecular weight is 304 g/mol. The molecule has 8 heteroatoms. The molecule has 0 unspecified atom stereocenters. The Morgan fingerprint density at radius 3 is 2.48 bits per heavy atom. The maximum absolute atomic E-state index is 12.7. The van der Waals surface area contributed by atoms with Gasteiger partial charge in [0.05, 0.1) is 0 Å². The molecule has 0 radical (unpaired) electrons. The van der Waals surface area contributed by atoms with Crippen LogP contribution in [0.1, 0.15) is 61.9 Å². The van der Waals surface area contributed by atoms with E-state index in [0.29, 0.717) is 18.7 Å². The summed E-state index contributed by atoms with van der Waals surface area (Å²) in [5, 5.41) is 6.44. The van der Waals surface area contributed by atoms with E-state index in [4.69, 9.17) is 0 Å². The highest BCUT2D eigenvalue weighted by Gasteiger charge is 2.37. The topological polar surface area (TPSA) is 61.9 Å². The zero-order valence-electron chi connectivity index (χ0n) is 12.1. The Bertz CT molecular complexity index is 492. The van der Waals surface area contributed by atoms with Crippen molar-refractivity contribution in [2.75, 3.05) is 6.54 Å². The average Bonchev–Trinajstić information content (AvgIpc) is 3.15. The molecule has 1 aliphatic carbocycles. The summed E-state index contributed by atoms with van der Waals surface area (Å²) < 4.78 is 38.1. The van der Waals surface area contributed by atoms with E-state index in [2.05, 4.69) is 15.2 Å². The third-order valence-corrected chi connectivity index (χ3v) is 3.65. The summed E-state index contributed by atoms with van der Waals surface area (Å²) in [4.78, 5) is 17.2. The van der Waals surface area contributed by atoms with Crippen molar-refractivity contribution >= 4 is 5.91 Å². The van der Waals surface area contributed by atoms with Gasteiger partial charge in [0.25, 0.3) is 5.91 Å². The van der Waals surface area contributed by atoms with E-state index in [9.17, 15) is 18.0 Å². The maximum atomic E-state index is 12.7.